The topological polar surface area (TPSA) is 63.8 Å². The zero-order chi connectivity index (χ0) is 15.6. The lowest BCUT2D eigenvalue weighted by molar-refractivity contribution is -0.137. The van der Waals surface area contributed by atoms with E-state index < -0.39 is 11.7 Å². The minimum atomic E-state index is -4.32. The van der Waals surface area contributed by atoms with Crippen molar-refractivity contribution in [2.24, 2.45) is 0 Å². The van der Waals surface area contributed by atoms with Crippen molar-refractivity contribution in [3.8, 4) is 0 Å². The number of nitrogens with two attached hydrogens (primary N) is 1. The molecule has 0 radical (unpaired) electrons. The Morgan fingerprint density at radius 1 is 1.10 bits per heavy atom. The fourth-order valence-corrected chi connectivity index (χ4v) is 1.82. The molecular weight excluding hydrogens is 281 g/mol. The SMILES string of the molecule is Cc1nc(N)c(C)c(NCc2ccc(C(F)(F)F)cc2)n1. The van der Waals surface area contributed by atoms with E-state index in [0.29, 0.717) is 29.6 Å². The minimum Gasteiger partial charge on any atom is -0.383 e. The van der Waals surface area contributed by atoms with Crippen molar-refractivity contribution in [3.63, 3.8) is 0 Å². The second kappa shape index (κ2) is 5.59. The number of benzene rings is 1. The van der Waals surface area contributed by atoms with Gasteiger partial charge in [-0.05, 0) is 31.5 Å². The van der Waals surface area contributed by atoms with E-state index in [1.54, 1.807) is 13.8 Å². The van der Waals surface area contributed by atoms with Gasteiger partial charge in [0.1, 0.15) is 17.5 Å². The van der Waals surface area contributed by atoms with Crippen molar-refractivity contribution >= 4 is 11.6 Å². The normalized spacial score (nSPS) is 11.5. The Kier molecular flexibility index (Phi) is 4.02. The number of anilines is 2. The maximum Gasteiger partial charge on any atom is 0.416 e. The monoisotopic (exact) mass is 296 g/mol. The highest BCUT2D eigenvalue weighted by Gasteiger charge is 2.29. The highest BCUT2D eigenvalue weighted by Crippen LogP contribution is 2.29. The first-order chi connectivity index (χ1) is 9.77. The highest BCUT2D eigenvalue weighted by molar-refractivity contribution is 5.54. The number of hydrogen-bond acceptors (Lipinski definition) is 4. The number of aromatic nitrogens is 2. The number of alkyl halides is 3. The van der Waals surface area contributed by atoms with Crippen LogP contribution in [0.5, 0.6) is 0 Å². The lowest BCUT2D eigenvalue weighted by atomic mass is 10.1. The Balaban J connectivity index is 2.10. The molecule has 7 heteroatoms. The third kappa shape index (κ3) is 3.62. The van der Waals surface area contributed by atoms with Crippen LogP contribution < -0.4 is 11.1 Å². The molecule has 0 fully saturated rings. The molecule has 0 unspecified atom stereocenters. The number of aryl methyl sites for hydroxylation is 1. The van der Waals surface area contributed by atoms with Gasteiger partial charge >= 0.3 is 6.18 Å². The first-order valence-corrected chi connectivity index (χ1v) is 6.28. The Labute approximate surface area is 120 Å². The van der Waals surface area contributed by atoms with Gasteiger partial charge in [-0.3, -0.25) is 0 Å². The van der Waals surface area contributed by atoms with Crippen LogP contribution in [0.3, 0.4) is 0 Å². The Morgan fingerprint density at radius 3 is 2.29 bits per heavy atom. The summed E-state index contributed by atoms with van der Waals surface area (Å²) in [7, 11) is 0. The van der Waals surface area contributed by atoms with Crippen LogP contribution in [0.2, 0.25) is 0 Å². The largest absolute Gasteiger partial charge is 0.416 e. The maximum absolute atomic E-state index is 12.5. The summed E-state index contributed by atoms with van der Waals surface area (Å²) in [5.41, 5.74) is 6.51. The minimum absolute atomic E-state index is 0.356. The molecule has 3 N–H and O–H groups in total. The fraction of sp³-hybridized carbons (Fsp3) is 0.286. The molecule has 2 rings (SSSR count). The molecule has 0 spiro atoms. The summed E-state index contributed by atoms with van der Waals surface area (Å²) in [5.74, 6) is 1.50. The quantitative estimate of drug-likeness (QED) is 0.912. The summed E-state index contributed by atoms with van der Waals surface area (Å²) in [6.45, 7) is 3.86. The number of nitrogen functional groups attached to an aromatic ring is 1. The van der Waals surface area contributed by atoms with Gasteiger partial charge in [0.05, 0.1) is 5.56 Å². The van der Waals surface area contributed by atoms with Gasteiger partial charge in [0.15, 0.2) is 0 Å². The molecule has 0 aliphatic heterocycles. The molecule has 1 aromatic carbocycles. The van der Waals surface area contributed by atoms with Crippen LogP contribution in [0.4, 0.5) is 24.8 Å². The average Bonchev–Trinajstić information content (AvgIpc) is 2.40. The second-order valence-electron chi connectivity index (χ2n) is 4.68. The van der Waals surface area contributed by atoms with Gasteiger partial charge in [-0.2, -0.15) is 13.2 Å². The van der Waals surface area contributed by atoms with Gasteiger partial charge in [0, 0.05) is 12.1 Å². The van der Waals surface area contributed by atoms with Crippen LogP contribution in [-0.4, -0.2) is 9.97 Å². The molecular formula is C14H15F3N4. The lowest BCUT2D eigenvalue weighted by Gasteiger charge is -2.12. The van der Waals surface area contributed by atoms with Crippen molar-refractivity contribution in [3.05, 3.63) is 46.8 Å². The first-order valence-electron chi connectivity index (χ1n) is 6.28. The molecule has 0 atom stereocenters. The number of nitrogens with zero attached hydrogens (tertiary/aromatic N) is 2. The van der Waals surface area contributed by atoms with E-state index in [2.05, 4.69) is 15.3 Å². The molecule has 0 saturated carbocycles. The molecule has 1 heterocycles. The lowest BCUT2D eigenvalue weighted by Crippen LogP contribution is -2.09. The third-order valence-electron chi connectivity index (χ3n) is 3.04. The summed E-state index contributed by atoms with van der Waals surface area (Å²) < 4.78 is 37.4. The van der Waals surface area contributed by atoms with E-state index in [4.69, 9.17) is 5.73 Å². The van der Waals surface area contributed by atoms with E-state index in [1.807, 2.05) is 0 Å². The number of hydrogen-bond donors (Lipinski definition) is 2. The molecule has 4 nitrogen and oxygen atoms in total. The van der Waals surface area contributed by atoms with Gasteiger partial charge < -0.3 is 11.1 Å². The van der Waals surface area contributed by atoms with Crippen molar-refractivity contribution in [2.45, 2.75) is 26.6 Å². The van der Waals surface area contributed by atoms with Gasteiger partial charge in [0.25, 0.3) is 0 Å². The van der Waals surface area contributed by atoms with Gasteiger partial charge in [-0.25, -0.2) is 9.97 Å². The van der Waals surface area contributed by atoms with Crippen LogP contribution in [0.15, 0.2) is 24.3 Å². The Morgan fingerprint density at radius 2 is 1.71 bits per heavy atom. The molecule has 0 aliphatic rings. The molecule has 0 saturated heterocycles. The molecule has 0 bridgehead atoms. The molecule has 0 amide bonds. The van der Waals surface area contributed by atoms with Crippen molar-refractivity contribution < 1.29 is 13.2 Å². The smallest absolute Gasteiger partial charge is 0.383 e. The summed E-state index contributed by atoms with van der Waals surface area (Å²) >= 11 is 0. The van der Waals surface area contributed by atoms with Crippen molar-refractivity contribution in [1.82, 2.24) is 9.97 Å². The summed E-state index contributed by atoms with van der Waals surface area (Å²) in [6, 6.07) is 4.98. The zero-order valence-corrected chi connectivity index (χ0v) is 11.6. The van der Waals surface area contributed by atoms with Crippen LogP contribution in [0.25, 0.3) is 0 Å². The highest BCUT2D eigenvalue weighted by atomic mass is 19.4. The van der Waals surface area contributed by atoms with E-state index in [1.165, 1.54) is 12.1 Å². The van der Waals surface area contributed by atoms with E-state index in [9.17, 15) is 13.2 Å². The second-order valence-corrected chi connectivity index (χ2v) is 4.68. The van der Waals surface area contributed by atoms with Crippen molar-refractivity contribution in [2.75, 3.05) is 11.1 Å². The van der Waals surface area contributed by atoms with Crippen molar-refractivity contribution in [1.29, 1.82) is 0 Å². The fourth-order valence-electron chi connectivity index (χ4n) is 1.82. The standard InChI is InChI=1S/C14H15F3N4/c1-8-12(18)20-9(2)21-13(8)19-7-10-3-5-11(6-4-10)14(15,16)17/h3-6H,7H2,1-2H3,(H3,18,19,20,21). The number of halogens is 3. The average molecular weight is 296 g/mol. The Hall–Kier alpha value is -2.31. The zero-order valence-electron chi connectivity index (χ0n) is 11.6. The number of rotatable bonds is 3. The molecule has 0 aliphatic carbocycles. The summed E-state index contributed by atoms with van der Waals surface area (Å²) in [4.78, 5) is 8.25. The molecule has 21 heavy (non-hydrogen) atoms. The van der Waals surface area contributed by atoms with Gasteiger partial charge in [-0.1, -0.05) is 12.1 Å². The maximum atomic E-state index is 12.5. The van der Waals surface area contributed by atoms with Gasteiger partial charge in [-0.15, -0.1) is 0 Å². The van der Waals surface area contributed by atoms with E-state index >= 15 is 0 Å². The molecule has 1 aromatic heterocycles. The summed E-state index contributed by atoms with van der Waals surface area (Å²) in [5, 5.41) is 3.06. The van der Waals surface area contributed by atoms with E-state index in [-0.39, 0.29) is 0 Å². The predicted molar refractivity (Wildman–Crippen MR) is 74.7 cm³/mol. The van der Waals surface area contributed by atoms with Crippen LogP contribution in [-0.2, 0) is 12.7 Å². The molecule has 2 aromatic rings. The van der Waals surface area contributed by atoms with Crippen LogP contribution in [0, 0.1) is 13.8 Å². The summed E-state index contributed by atoms with van der Waals surface area (Å²) in [6.07, 6.45) is -4.32. The Bertz CT molecular complexity index is 636. The van der Waals surface area contributed by atoms with E-state index in [0.717, 1.165) is 17.7 Å². The van der Waals surface area contributed by atoms with Crippen LogP contribution >= 0.6 is 0 Å². The van der Waals surface area contributed by atoms with Crippen LogP contribution in [0.1, 0.15) is 22.5 Å². The predicted octanol–water partition coefficient (Wildman–Crippen LogP) is 3.31. The number of nitrogens with one attached hydrogen (secondary N) is 1. The molecule has 112 valence electrons. The third-order valence-corrected chi connectivity index (χ3v) is 3.04. The first kappa shape index (κ1) is 15.1. The van der Waals surface area contributed by atoms with Gasteiger partial charge in [0.2, 0.25) is 0 Å².